The number of aromatic nitrogens is 1. The molecule has 1 saturated heterocycles. The van der Waals surface area contributed by atoms with E-state index in [1.807, 2.05) is 47.4 Å². The number of carbonyl (C=O) groups is 1. The summed E-state index contributed by atoms with van der Waals surface area (Å²) in [6, 6.07) is 27.2. The zero-order valence-corrected chi connectivity index (χ0v) is 25.9. The number of sulfonamides is 1. The van der Waals surface area contributed by atoms with Crippen LogP contribution in [-0.4, -0.2) is 49.7 Å². The second-order valence-electron chi connectivity index (χ2n) is 10.2. The molecule has 0 spiro atoms. The molecule has 2 amide bonds. The minimum atomic E-state index is -3.33. The van der Waals surface area contributed by atoms with Crippen LogP contribution in [0, 0.1) is 0 Å². The van der Waals surface area contributed by atoms with Gasteiger partial charge in [-0.1, -0.05) is 35.9 Å². The summed E-state index contributed by atoms with van der Waals surface area (Å²) in [5.41, 5.74) is 3.09. The number of likely N-dealkylation sites (tertiary alicyclic amines) is 1. The predicted molar refractivity (Wildman–Crippen MR) is 174 cm³/mol. The number of carbonyl (C=O) groups excluding carboxylic acids is 1. The molecule has 0 atom stereocenters. The Bertz CT molecular complexity index is 1580. The number of benzene rings is 3. The summed E-state index contributed by atoms with van der Waals surface area (Å²) in [6.45, 7) is 2.43. The Morgan fingerprint density at radius 2 is 1.60 bits per heavy atom. The molecule has 0 aliphatic carbocycles. The average Bonchev–Trinajstić information content (AvgIpc) is 2.97. The monoisotopic (exact) mass is 641 g/mol. The summed E-state index contributed by atoms with van der Waals surface area (Å²) in [6.07, 6.45) is 4.58. The lowest BCUT2D eigenvalue weighted by atomic mass is 10.0. The molecule has 43 heavy (non-hydrogen) atoms. The summed E-state index contributed by atoms with van der Waals surface area (Å²) in [5.74, 6) is 1.01. The third kappa shape index (κ3) is 9.33. The number of hydrogen-bond acceptors (Lipinski definition) is 6. The van der Waals surface area contributed by atoms with Gasteiger partial charge in [0.05, 0.1) is 6.26 Å². The summed E-state index contributed by atoms with van der Waals surface area (Å²) >= 11 is 6.01. The highest BCUT2D eigenvalue weighted by molar-refractivity contribution is 7.92. The predicted octanol–water partition coefficient (Wildman–Crippen LogP) is 7.02. The zero-order chi connectivity index (χ0) is 29.5. The average molecular weight is 643 g/mol. The Hall–Kier alpha value is -3.83. The van der Waals surface area contributed by atoms with Crippen LogP contribution in [0.4, 0.5) is 21.9 Å². The number of anilines is 3. The van der Waals surface area contributed by atoms with Crippen LogP contribution >= 0.6 is 24.0 Å². The van der Waals surface area contributed by atoms with Gasteiger partial charge < -0.3 is 10.1 Å². The lowest BCUT2D eigenvalue weighted by Crippen LogP contribution is -2.49. The number of halogens is 2. The first-order valence-electron chi connectivity index (χ1n) is 13.6. The molecule has 1 aromatic heterocycles. The maximum Gasteiger partial charge on any atom is 0.326 e. The van der Waals surface area contributed by atoms with Gasteiger partial charge in [0.25, 0.3) is 0 Å². The van der Waals surface area contributed by atoms with Crippen molar-refractivity contribution < 1.29 is 17.9 Å². The lowest BCUT2D eigenvalue weighted by molar-refractivity contribution is 0.199. The fraction of sp³-hybridized carbons (Fsp3) is 0.226. The first-order chi connectivity index (χ1) is 20.2. The second-order valence-corrected chi connectivity index (χ2v) is 12.3. The van der Waals surface area contributed by atoms with Gasteiger partial charge in [-0.3, -0.25) is 14.5 Å². The van der Waals surface area contributed by atoms with E-state index < -0.39 is 10.0 Å². The molecule has 1 fully saturated rings. The van der Waals surface area contributed by atoms with Gasteiger partial charge in [0, 0.05) is 60.0 Å². The summed E-state index contributed by atoms with van der Waals surface area (Å²) in [5, 5.41) is 3.64. The van der Waals surface area contributed by atoms with Crippen LogP contribution in [0.2, 0.25) is 5.02 Å². The molecular weight excluding hydrogens is 609 g/mol. The van der Waals surface area contributed by atoms with Crippen LogP contribution in [-0.2, 0) is 16.6 Å². The first-order valence-corrected chi connectivity index (χ1v) is 15.8. The molecule has 1 aliphatic rings. The summed E-state index contributed by atoms with van der Waals surface area (Å²) in [7, 11) is -3.33. The third-order valence-corrected chi connectivity index (χ3v) is 7.71. The van der Waals surface area contributed by atoms with Crippen LogP contribution in [0.1, 0.15) is 18.4 Å². The minimum Gasteiger partial charge on any atom is -0.439 e. The Balaban J connectivity index is 0.00000423. The maximum atomic E-state index is 13.4. The molecule has 3 aromatic carbocycles. The normalized spacial score (nSPS) is 13.9. The van der Waals surface area contributed by atoms with E-state index in [0.29, 0.717) is 28.0 Å². The van der Waals surface area contributed by atoms with E-state index in [-0.39, 0.29) is 24.5 Å². The Kier molecular flexibility index (Phi) is 10.9. The molecule has 5 rings (SSSR count). The molecular formula is C31H33Cl2N5O4S. The molecule has 12 heteroatoms. The van der Waals surface area contributed by atoms with Crippen LogP contribution < -0.4 is 19.7 Å². The van der Waals surface area contributed by atoms with E-state index in [1.54, 1.807) is 54.7 Å². The quantitative estimate of drug-likeness (QED) is 0.203. The van der Waals surface area contributed by atoms with E-state index in [0.717, 1.165) is 50.0 Å². The number of ether oxygens (including phenoxy) is 1. The number of nitrogens with one attached hydrogen (secondary N) is 2. The smallest absolute Gasteiger partial charge is 0.326 e. The standard InChI is InChI=1S/C31H32ClN5O4S.ClH/c1-42(39,40)35-26-12-14-29(15-13-26)41-30-16-7-23(21-33-30)22-36-19-17-28(18-20-36)37(27-5-3-2-4-6-27)31(38)34-25-10-8-24(32)9-11-25;/h2-16,21,28,35H,17-20,22H2,1H3,(H,34,38);1H. The lowest BCUT2D eigenvalue weighted by Gasteiger charge is -2.38. The first kappa shape index (κ1) is 32.1. The fourth-order valence-corrected chi connectivity index (χ4v) is 5.57. The fourth-order valence-electron chi connectivity index (χ4n) is 4.88. The number of amides is 2. The minimum absolute atomic E-state index is 0. The van der Waals surface area contributed by atoms with E-state index in [9.17, 15) is 13.2 Å². The molecule has 0 radical (unpaired) electrons. The van der Waals surface area contributed by atoms with Crippen molar-refractivity contribution in [2.45, 2.75) is 25.4 Å². The van der Waals surface area contributed by atoms with Gasteiger partial charge in [-0.25, -0.2) is 18.2 Å². The number of piperidine rings is 1. The number of para-hydroxylation sites is 1. The Morgan fingerprint density at radius 3 is 2.21 bits per heavy atom. The van der Waals surface area contributed by atoms with Gasteiger partial charge >= 0.3 is 6.03 Å². The highest BCUT2D eigenvalue weighted by Gasteiger charge is 2.29. The molecule has 2 N–H and O–H groups in total. The molecule has 226 valence electrons. The molecule has 4 aromatic rings. The maximum absolute atomic E-state index is 13.4. The van der Waals surface area contributed by atoms with Gasteiger partial charge in [-0.05, 0) is 79.1 Å². The van der Waals surface area contributed by atoms with Crippen molar-refractivity contribution >= 4 is 57.1 Å². The van der Waals surface area contributed by atoms with Gasteiger partial charge in [-0.15, -0.1) is 12.4 Å². The van der Waals surface area contributed by atoms with Gasteiger partial charge in [0.2, 0.25) is 15.9 Å². The van der Waals surface area contributed by atoms with Gasteiger partial charge in [0.1, 0.15) is 5.75 Å². The van der Waals surface area contributed by atoms with E-state index >= 15 is 0 Å². The van der Waals surface area contributed by atoms with Crippen LogP contribution in [0.15, 0.2) is 97.2 Å². The van der Waals surface area contributed by atoms with Crippen molar-refractivity contribution in [2.24, 2.45) is 0 Å². The van der Waals surface area contributed by atoms with Crippen LogP contribution in [0.25, 0.3) is 0 Å². The van der Waals surface area contributed by atoms with Crippen LogP contribution in [0.5, 0.6) is 11.6 Å². The van der Waals surface area contributed by atoms with Gasteiger partial charge in [0.15, 0.2) is 0 Å². The number of rotatable bonds is 9. The van der Waals surface area contributed by atoms with Crippen molar-refractivity contribution in [1.82, 2.24) is 9.88 Å². The molecule has 0 saturated carbocycles. The molecule has 9 nitrogen and oxygen atoms in total. The third-order valence-electron chi connectivity index (χ3n) is 6.85. The largest absolute Gasteiger partial charge is 0.439 e. The molecule has 0 unspecified atom stereocenters. The molecule has 2 heterocycles. The van der Waals surface area contributed by atoms with Crippen molar-refractivity contribution in [2.75, 3.05) is 34.3 Å². The molecule has 0 bridgehead atoms. The zero-order valence-electron chi connectivity index (χ0n) is 23.5. The van der Waals surface area contributed by atoms with E-state index in [1.165, 1.54) is 0 Å². The number of urea groups is 1. The Labute approximate surface area is 263 Å². The number of pyridine rings is 1. The second kappa shape index (κ2) is 14.6. The van der Waals surface area contributed by atoms with Gasteiger partial charge in [-0.2, -0.15) is 0 Å². The number of nitrogens with zero attached hydrogens (tertiary/aromatic N) is 3. The van der Waals surface area contributed by atoms with Crippen molar-refractivity contribution in [3.63, 3.8) is 0 Å². The van der Waals surface area contributed by atoms with E-state index in [2.05, 4.69) is 19.9 Å². The summed E-state index contributed by atoms with van der Waals surface area (Å²) in [4.78, 5) is 22.1. The summed E-state index contributed by atoms with van der Waals surface area (Å²) < 4.78 is 31.0. The van der Waals surface area contributed by atoms with Crippen molar-refractivity contribution in [1.29, 1.82) is 0 Å². The highest BCUT2D eigenvalue weighted by Crippen LogP contribution is 2.27. The van der Waals surface area contributed by atoms with E-state index in [4.69, 9.17) is 16.3 Å². The van der Waals surface area contributed by atoms with Crippen molar-refractivity contribution in [3.05, 3.63) is 108 Å². The SMILES string of the molecule is CS(=O)(=O)Nc1ccc(Oc2ccc(CN3CCC(N(C(=O)Nc4ccc(Cl)cc4)c4ccccc4)CC3)cn2)cc1.Cl. The highest BCUT2D eigenvalue weighted by atomic mass is 35.5. The topological polar surface area (TPSA) is 104 Å². The number of hydrogen-bond donors (Lipinski definition) is 2. The van der Waals surface area contributed by atoms with Crippen molar-refractivity contribution in [3.8, 4) is 11.6 Å². The Morgan fingerprint density at radius 1 is 0.953 bits per heavy atom. The van der Waals surface area contributed by atoms with Crippen LogP contribution in [0.3, 0.4) is 0 Å². The molecule has 1 aliphatic heterocycles.